The molecule has 3 heterocycles. The van der Waals surface area contributed by atoms with Crippen LogP contribution in [-0.2, 0) is 16.1 Å². The zero-order valence-corrected chi connectivity index (χ0v) is 17.9. The van der Waals surface area contributed by atoms with Gasteiger partial charge in [-0.25, -0.2) is 4.98 Å². The molecule has 9 nitrogen and oxygen atoms in total. The molecular weight excluding hydrogens is 422 g/mol. The first-order valence-corrected chi connectivity index (χ1v) is 10.6. The molecule has 2 aliphatic heterocycles. The van der Waals surface area contributed by atoms with E-state index in [1.807, 2.05) is 41.8 Å². The molecule has 0 bridgehead atoms. The smallest absolute Gasteiger partial charge is 0.275 e. The van der Waals surface area contributed by atoms with Crippen molar-refractivity contribution in [2.45, 2.75) is 32.4 Å². The molecular formula is C24H21N5O4. The number of piperidine rings is 1. The van der Waals surface area contributed by atoms with Gasteiger partial charge < -0.3 is 14.8 Å². The number of hydrogen-bond acceptors (Lipinski definition) is 5. The predicted molar refractivity (Wildman–Crippen MR) is 119 cm³/mol. The Bertz CT molecular complexity index is 1300. The summed E-state index contributed by atoms with van der Waals surface area (Å²) in [6, 6.07) is 14.0. The van der Waals surface area contributed by atoms with Crippen LogP contribution < -0.4 is 10.6 Å². The maximum atomic E-state index is 12.8. The Hall–Kier alpha value is -4.27. The second-order valence-electron chi connectivity index (χ2n) is 8.10. The molecule has 2 N–H and O–H groups in total. The van der Waals surface area contributed by atoms with Gasteiger partial charge in [-0.1, -0.05) is 18.2 Å². The Morgan fingerprint density at radius 2 is 1.91 bits per heavy atom. The average Bonchev–Trinajstić information content (AvgIpc) is 3.34. The lowest BCUT2D eigenvalue weighted by Gasteiger charge is -2.29. The number of nitrogens with zero attached hydrogens (tertiary/aromatic N) is 3. The van der Waals surface area contributed by atoms with Gasteiger partial charge in [0.1, 0.15) is 17.6 Å². The van der Waals surface area contributed by atoms with Crippen LogP contribution in [0.1, 0.15) is 45.1 Å². The van der Waals surface area contributed by atoms with Crippen molar-refractivity contribution < 1.29 is 19.2 Å². The third-order valence-corrected chi connectivity index (χ3v) is 5.93. The van der Waals surface area contributed by atoms with Crippen LogP contribution >= 0.6 is 0 Å². The van der Waals surface area contributed by atoms with Gasteiger partial charge in [0.2, 0.25) is 11.8 Å². The Morgan fingerprint density at radius 3 is 2.67 bits per heavy atom. The standard InChI is InChI=1S/C24H21N5O4/c1-14-25-19(13-28(14)17-5-3-2-4-6-17)22(31)26-16-7-8-18-15(11-16)12-29(24(18)33)20-9-10-21(30)27-23(20)32/h2-8,11,13,20H,9-10,12H2,1H3,(H,26,31)(H,27,30,32). The molecule has 1 fully saturated rings. The number of benzene rings is 2. The summed E-state index contributed by atoms with van der Waals surface area (Å²) < 4.78 is 1.84. The molecule has 0 spiro atoms. The van der Waals surface area contributed by atoms with Gasteiger partial charge in [0, 0.05) is 36.1 Å². The largest absolute Gasteiger partial charge is 0.322 e. The second kappa shape index (κ2) is 8.01. The molecule has 2 aromatic carbocycles. The van der Waals surface area contributed by atoms with Crippen LogP contribution in [0.2, 0.25) is 0 Å². The molecule has 166 valence electrons. The van der Waals surface area contributed by atoms with E-state index in [2.05, 4.69) is 15.6 Å². The summed E-state index contributed by atoms with van der Waals surface area (Å²) in [6.07, 6.45) is 2.19. The summed E-state index contributed by atoms with van der Waals surface area (Å²) in [5.74, 6) is -0.708. The lowest BCUT2D eigenvalue weighted by molar-refractivity contribution is -0.136. The number of nitrogens with one attached hydrogen (secondary N) is 2. The zero-order valence-electron chi connectivity index (χ0n) is 17.9. The lowest BCUT2D eigenvalue weighted by atomic mass is 10.0. The maximum Gasteiger partial charge on any atom is 0.275 e. The van der Waals surface area contributed by atoms with Crippen molar-refractivity contribution in [1.82, 2.24) is 19.8 Å². The van der Waals surface area contributed by atoms with E-state index in [0.29, 0.717) is 29.1 Å². The molecule has 1 atom stereocenters. The number of amides is 4. The monoisotopic (exact) mass is 443 g/mol. The fourth-order valence-electron chi connectivity index (χ4n) is 4.28. The molecule has 0 saturated carbocycles. The molecule has 1 aromatic heterocycles. The number of fused-ring (bicyclic) bond motifs is 1. The number of hydrogen-bond donors (Lipinski definition) is 2. The first-order chi connectivity index (χ1) is 15.9. The first kappa shape index (κ1) is 20.6. The Balaban J connectivity index is 1.32. The number of carbonyl (C=O) groups is 4. The number of anilines is 1. The van der Waals surface area contributed by atoms with Crippen molar-refractivity contribution in [1.29, 1.82) is 0 Å². The average molecular weight is 443 g/mol. The van der Waals surface area contributed by atoms with E-state index in [1.165, 1.54) is 4.90 Å². The summed E-state index contributed by atoms with van der Waals surface area (Å²) >= 11 is 0. The molecule has 3 aromatic rings. The Kier molecular flexibility index (Phi) is 5.01. The fourth-order valence-corrected chi connectivity index (χ4v) is 4.28. The van der Waals surface area contributed by atoms with E-state index in [-0.39, 0.29) is 36.4 Å². The molecule has 5 rings (SSSR count). The van der Waals surface area contributed by atoms with Crippen molar-refractivity contribution in [2.24, 2.45) is 0 Å². The third kappa shape index (κ3) is 3.78. The Labute approximate surface area is 189 Å². The number of aryl methyl sites for hydroxylation is 1. The number of imidazole rings is 1. The molecule has 2 aliphatic rings. The van der Waals surface area contributed by atoms with Crippen molar-refractivity contribution in [2.75, 3.05) is 5.32 Å². The van der Waals surface area contributed by atoms with Gasteiger partial charge in [-0.2, -0.15) is 0 Å². The highest BCUT2D eigenvalue weighted by Gasteiger charge is 2.39. The van der Waals surface area contributed by atoms with Crippen LogP contribution in [0.25, 0.3) is 5.69 Å². The molecule has 1 saturated heterocycles. The van der Waals surface area contributed by atoms with Crippen molar-refractivity contribution in [3.05, 3.63) is 77.4 Å². The highest BCUT2D eigenvalue weighted by molar-refractivity contribution is 6.06. The minimum Gasteiger partial charge on any atom is -0.322 e. The topological polar surface area (TPSA) is 113 Å². The van der Waals surface area contributed by atoms with Crippen LogP contribution in [0.4, 0.5) is 5.69 Å². The van der Waals surface area contributed by atoms with Crippen LogP contribution in [0.5, 0.6) is 0 Å². The SMILES string of the molecule is Cc1nc(C(=O)Nc2ccc3c(c2)CN(C2CCC(=O)NC2=O)C3=O)cn1-c1ccccc1. The van der Waals surface area contributed by atoms with Crippen LogP contribution in [0, 0.1) is 6.92 Å². The third-order valence-electron chi connectivity index (χ3n) is 5.93. The second-order valence-corrected chi connectivity index (χ2v) is 8.10. The predicted octanol–water partition coefficient (Wildman–Crippen LogP) is 2.19. The van der Waals surface area contributed by atoms with Gasteiger partial charge in [-0.15, -0.1) is 0 Å². The van der Waals surface area contributed by atoms with Crippen LogP contribution in [0.3, 0.4) is 0 Å². The highest BCUT2D eigenvalue weighted by Crippen LogP contribution is 2.29. The molecule has 1 unspecified atom stereocenters. The summed E-state index contributed by atoms with van der Waals surface area (Å²) in [6.45, 7) is 2.07. The zero-order chi connectivity index (χ0) is 23.1. The van der Waals surface area contributed by atoms with Crippen molar-refractivity contribution in [3.8, 4) is 5.69 Å². The highest BCUT2D eigenvalue weighted by atomic mass is 16.2. The van der Waals surface area contributed by atoms with Gasteiger partial charge >= 0.3 is 0 Å². The summed E-state index contributed by atoms with van der Waals surface area (Å²) in [7, 11) is 0. The minimum atomic E-state index is -0.675. The van der Waals surface area contributed by atoms with E-state index in [1.54, 1.807) is 24.4 Å². The molecule has 0 aliphatic carbocycles. The molecule has 9 heteroatoms. The lowest BCUT2D eigenvalue weighted by Crippen LogP contribution is -2.52. The maximum absolute atomic E-state index is 12.8. The fraction of sp³-hybridized carbons (Fsp3) is 0.208. The number of para-hydroxylation sites is 1. The first-order valence-electron chi connectivity index (χ1n) is 10.6. The normalized spacial score (nSPS) is 17.7. The van der Waals surface area contributed by atoms with Crippen LogP contribution in [-0.4, -0.2) is 44.1 Å². The molecule has 33 heavy (non-hydrogen) atoms. The quantitative estimate of drug-likeness (QED) is 0.600. The van der Waals surface area contributed by atoms with E-state index in [9.17, 15) is 19.2 Å². The number of rotatable bonds is 4. The van der Waals surface area contributed by atoms with E-state index in [0.717, 1.165) is 5.69 Å². The minimum absolute atomic E-state index is 0.201. The number of carbonyl (C=O) groups excluding carboxylic acids is 4. The van der Waals surface area contributed by atoms with E-state index >= 15 is 0 Å². The van der Waals surface area contributed by atoms with Crippen molar-refractivity contribution >= 4 is 29.3 Å². The van der Waals surface area contributed by atoms with Gasteiger partial charge in [0.05, 0.1) is 0 Å². The Morgan fingerprint density at radius 1 is 1.12 bits per heavy atom. The summed E-state index contributed by atoms with van der Waals surface area (Å²) in [5, 5.41) is 5.13. The van der Waals surface area contributed by atoms with E-state index < -0.39 is 11.9 Å². The molecule has 0 radical (unpaired) electrons. The summed E-state index contributed by atoms with van der Waals surface area (Å²) in [5.41, 5.74) is 2.92. The van der Waals surface area contributed by atoms with E-state index in [4.69, 9.17) is 0 Å². The van der Waals surface area contributed by atoms with Crippen molar-refractivity contribution in [3.63, 3.8) is 0 Å². The van der Waals surface area contributed by atoms with Crippen LogP contribution in [0.15, 0.2) is 54.7 Å². The van der Waals surface area contributed by atoms with Gasteiger partial charge in [-0.3, -0.25) is 24.5 Å². The summed E-state index contributed by atoms with van der Waals surface area (Å²) in [4.78, 5) is 55.1. The van der Waals surface area contributed by atoms with Gasteiger partial charge in [0.15, 0.2) is 0 Å². The van der Waals surface area contributed by atoms with Gasteiger partial charge in [0.25, 0.3) is 11.8 Å². The number of aromatic nitrogens is 2. The molecule has 4 amide bonds. The number of imide groups is 1. The van der Waals surface area contributed by atoms with Gasteiger partial charge in [-0.05, 0) is 49.2 Å².